The summed E-state index contributed by atoms with van der Waals surface area (Å²) in [7, 11) is 0. The maximum atomic E-state index is 8.07. The van der Waals surface area contributed by atoms with Crippen LogP contribution in [0.5, 0.6) is 0 Å². The number of benzene rings is 1. The minimum absolute atomic E-state index is 0.652. The van der Waals surface area contributed by atoms with E-state index < -0.39 is 0 Å². The lowest BCUT2D eigenvalue weighted by molar-refractivity contribution is 0.215. The summed E-state index contributed by atoms with van der Waals surface area (Å²) in [4.78, 5) is 0. The van der Waals surface area contributed by atoms with Crippen LogP contribution in [0.4, 0.5) is 0 Å². The van der Waals surface area contributed by atoms with Crippen LogP contribution in [0.15, 0.2) is 82.0 Å². The summed E-state index contributed by atoms with van der Waals surface area (Å²) in [5, 5.41) is 9.19. The van der Waals surface area contributed by atoms with E-state index >= 15 is 0 Å². The summed E-state index contributed by atoms with van der Waals surface area (Å²) in [5.41, 5.74) is 7.03. The Bertz CT molecular complexity index is 1280. The van der Waals surface area contributed by atoms with Crippen LogP contribution in [0, 0.1) is 5.41 Å². The number of hydrogen-bond acceptors (Lipinski definition) is 3. The minimum Gasteiger partial charge on any atom is -0.494 e. The normalized spacial score (nSPS) is 20.3. The number of hydrogen-bond donors (Lipinski definition) is 1. The number of allylic oxidation sites excluding steroid dienone is 7. The Balaban J connectivity index is 1.79. The Morgan fingerprint density at radius 2 is 1.91 bits per heavy atom. The van der Waals surface area contributed by atoms with Crippen molar-refractivity contribution in [2.45, 2.75) is 59.3 Å². The molecule has 4 rings (SSSR count). The van der Waals surface area contributed by atoms with Crippen molar-refractivity contribution in [3.05, 3.63) is 93.8 Å². The molecule has 2 aliphatic rings. The van der Waals surface area contributed by atoms with E-state index in [0.29, 0.717) is 5.71 Å². The molecule has 0 saturated heterocycles. The highest BCUT2D eigenvalue weighted by atomic mass is 16.5. The van der Waals surface area contributed by atoms with E-state index in [-0.39, 0.29) is 0 Å². The van der Waals surface area contributed by atoms with E-state index in [9.17, 15) is 0 Å². The zero-order chi connectivity index (χ0) is 23.9. The highest BCUT2D eigenvalue weighted by Gasteiger charge is 2.13. The Hall–Kier alpha value is -3.33. The van der Waals surface area contributed by atoms with E-state index in [1.54, 1.807) is 0 Å². The second kappa shape index (κ2) is 11.2. The molecule has 176 valence electrons. The molecule has 0 amide bonds. The molecule has 0 spiro atoms. The molecule has 0 atom stereocenters. The third-order valence-corrected chi connectivity index (χ3v) is 6.39. The lowest BCUT2D eigenvalue weighted by Gasteiger charge is -2.14. The summed E-state index contributed by atoms with van der Waals surface area (Å²) >= 11 is 0. The average Bonchev–Trinajstić information content (AvgIpc) is 3.17. The van der Waals surface area contributed by atoms with Gasteiger partial charge in [-0.25, -0.2) is 0 Å². The summed E-state index contributed by atoms with van der Waals surface area (Å²) in [6.45, 7) is 7.12. The fraction of sp³-hybridized carbons (Fsp3) is 0.323. The molecule has 2 aromatic rings. The van der Waals surface area contributed by atoms with Gasteiger partial charge in [0.05, 0.1) is 6.61 Å². The zero-order valence-electron chi connectivity index (χ0n) is 20.6. The van der Waals surface area contributed by atoms with Gasteiger partial charge in [0.15, 0.2) is 0 Å². The minimum atomic E-state index is 0.652. The van der Waals surface area contributed by atoms with Gasteiger partial charge < -0.3 is 14.6 Å². The van der Waals surface area contributed by atoms with Crippen molar-refractivity contribution in [3.63, 3.8) is 0 Å². The molecule has 0 saturated carbocycles. The van der Waals surface area contributed by atoms with Crippen molar-refractivity contribution in [2.24, 2.45) is 0 Å². The third-order valence-electron chi connectivity index (χ3n) is 6.39. The van der Waals surface area contributed by atoms with Crippen molar-refractivity contribution in [1.82, 2.24) is 0 Å². The first-order valence-corrected chi connectivity index (χ1v) is 12.5. The van der Waals surface area contributed by atoms with Gasteiger partial charge in [-0.2, -0.15) is 0 Å². The number of rotatable bonds is 8. The standard InChI is InChI=1S/C31H35NO2/c1-4-6-19-33-29-20-25(12-8-7-11-22(29)3)27-14-10-9-13-26-21-30(34-31(26)27)24-17-15-23(16-18-24)28(32)5-2/h8,10,12-18,20-21,32H,4-7,9,11,19H2,1-3H3/b12-8+,25-20+,29-22+,32-28?. The quantitative estimate of drug-likeness (QED) is 0.346. The first-order valence-electron chi connectivity index (χ1n) is 12.5. The first kappa shape index (κ1) is 23.8. The third kappa shape index (κ3) is 5.41. The molecule has 0 radical (unpaired) electrons. The van der Waals surface area contributed by atoms with Crippen LogP contribution in [0.1, 0.15) is 64.9 Å². The first-order chi connectivity index (χ1) is 16.6. The topological polar surface area (TPSA) is 46.2 Å². The largest absolute Gasteiger partial charge is 0.494 e. The number of nitrogens with one attached hydrogen (secondary N) is 1. The van der Waals surface area contributed by atoms with Crippen LogP contribution < -0.4 is 10.6 Å². The maximum Gasteiger partial charge on any atom is 0.142 e. The van der Waals surface area contributed by atoms with Gasteiger partial charge in [0.25, 0.3) is 0 Å². The SMILES string of the molecule is CCCCOC1=C(\C)CC/C=C/C(C2=c3oc(-c4ccc(C(=N)CC)cc4)cc3=CCC=C2)=C\1. The second-order valence-corrected chi connectivity index (χ2v) is 8.95. The maximum absolute atomic E-state index is 8.07. The predicted octanol–water partition coefficient (Wildman–Crippen LogP) is 6.98. The molecule has 2 aliphatic carbocycles. The second-order valence-electron chi connectivity index (χ2n) is 8.95. The van der Waals surface area contributed by atoms with Gasteiger partial charge in [-0.3, -0.25) is 0 Å². The lowest BCUT2D eigenvalue weighted by atomic mass is 9.98. The molecule has 0 aliphatic heterocycles. The van der Waals surface area contributed by atoms with Crippen LogP contribution in [0.3, 0.4) is 0 Å². The monoisotopic (exact) mass is 453 g/mol. The zero-order valence-corrected chi connectivity index (χ0v) is 20.6. The van der Waals surface area contributed by atoms with Crippen molar-refractivity contribution in [3.8, 4) is 11.3 Å². The van der Waals surface area contributed by atoms with Crippen LogP contribution in [0.2, 0.25) is 0 Å². The highest BCUT2D eigenvalue weighted by Crippen LogP contribution is 2.25. The Morgan fingerprint density at radius 1 is 1.09 bits per heavy atom. The molecule has 1 aromatic carbocycles. The van der Waals surface area contributed by atoms with E-state index in [0.717, 1.165) is 89.6 Å². The Kier molecular flexibility index (Phi) is 7.84. The smallest absolute Gasteiger partial charge is 0.142 e. The fourth-order valence-electron chi connectivity index (χ4n) is 4.24. The van der Waals surface area contributed by atoms with Crippen LogP contribution in [0.25, 0.3) is 23.0 Å². The van der Waals surface area contributed by atoms with Crippen molar-refractivity contribution in [2.75, 3.05) is 6.61 Å². The van der Waals surface area contributed by atoms with E-state index in [4.69, 9.17) is 14.6 Å². The van der Waals surface area contributed by atoms with Crippen LogP contribution >= 0.6 is 0 Å². The molecule has 1 heterocycles. The van der Waals surface area contributed by atoms with E-state index in [1.165, 1.54) is 5.57 Å². The van der Waals surface area contributed by atoms with Gasteiger partial charge in [-0.05, 0) is 67.9 Å². The number of furan rings is 1. The molecule has 1 N–H and O–H groups in total. The van der Waals surface area contributed by atoms with E-state index in [1.807, 2.05) is 31.2 Å². The van der Waals surface area contributed by atoms with Gasteiger partial charge in [0.2, 0.25) is 0 Å². The average molecular weight is 454 g/mol. The lowest BCUT2D eigenvalue weighted by Crippen LogP contribution is -2.21. The van der Waals surface area contributed by atoms with Gasteiger partial charge in [-0.1, -0.05) is 74.9 Å². The molecular formula is C31H35NO2. The van der Waals surface area contributed by atoms with Crippen LogP contribution in [-0.4, -0.2) is 12.3 Å². The molecule has 34 heavy (non-hydrogen) atoms. The Morgan fingerprint density at radius 3 is 2.68 bits per heavy atom. The van der Waals surface area contributed by atoms with Gasteiger partial charge >= 0.3 is 0 Å². The number of fused-ring (bicyclic) bond motifs is 1. The summed E-state index contributed by atoms with van der Waals surface area (Å²) < 4.78 is 12.7. The molecular weight excluding hydrogens is 418 g/mol. The summed E-state index contributed by atoms with van der Waals surface area (Å²) in [5.74, 6) is 1.84. The predicted molar refractivity (Wildman–Crippen MR) is 142 cm³/mol. The van der Waals surface area contributed by atoms with Crippen molar-refractivity contribution in [1.29, 1.82) is 5.41 Å². The molecule has 3 heteroatoms. The molecule has 0 fully saturated rings. The van der Waals surface area contributed by atoms with Gasteiger partial charge in [0, 0.05) is 22.1 Å². The van der Waals surface area contributed by atoms with Crippen molar-refractivity contribution < 1.29 is 9.15 Å². The highest BCUT2D eigenvalue weighted by molar-refractivity contribution is 5.98. The molecule has 1 aromatic heterocycles. The number of unbranched alkanes of at least 4 members (excludes halogenated alkanes) is 1. The molecule has 0 bridgehead atoms. The van der Waals surface area contributed by atoms with Gasteiger partial charge in [-0.15, -0.1) is 0 Å². The summed E-state index contributed by atoms with van der Waals surface area (Å²) in [6, 6.07) is 10.3. The van der Waals surface area contributed by atoms with Gasteiger partial charge in [0.1, 0.15) is 16.9 Å². The van der Waals surface area contributed by atoms with Crippen molar-refractivity contribution >= 4 is 17.4 Å². The van der Waals surface area contributed by atoms with E-state index in [2.05, 4.69) is 56.4 Å². The molecule has 0 unspecified atom stereocenters. The Labute approximate surface area is 203 Å². The number of ether oxygens (including phenoxy) is 1. The summed E-state index contributed by atoms with van der Waals surface area (Å²) in [6.07, 6.45) is 19.0. The fourth-order valence-corrected chi connectivity index (χ4v) is 4.24. The molecule has 3 nitrogen and oxygen atoms in total. The van der Waals surface area contributed by atoms with Crippen LogP contribution in [-0.2, 0) is 4.74 Å².